The van der Waals surface area contributed by atoms with Gasteiger partial charge in [0.1, 0.15) is 12.4 Å². The monoisotopic (exact) mass is 288 g/mol. The molecule has 2 nitrogen and oxygen atoms in total. The maximum absolute atomic E-state index is 11.6. The lowest BCUT2D eigenvalue weighted by atomic mass is 10.0. The molecule has 2 rings (SSSR count). The van der Waals surface area contributed by atoms with Gasteiger partial charge in [0.25, 0.3) is 0 Å². The lowest BCUT2D eigenvalue weighted by Gasteiger charge is -2.12. The summed E-state index contributed by atoms with van der Waals surface area (Å²) in [5.74, 6) is 0.683. The lowest BCUT2D eigenvalue weighted by molar-refractivity contribution is 0.101. The molecule has 3 heteroatoms. The van der Waals surface area contributed by atoms with Crippen molar-refractivity contribution in [2.45, 2.75) is 26.9 Å². The molecule has 0 saturated carbocycles. The Morgan fingerprint density at radius 2 is 1.90 bits per heavy atom. The van der Waals surface area contributed by atoms with Gasteiger partial charge < -0.3 is 4.74 Å². The van der Waals surface area contributed by atoms with Crippen LogP contribution >= 0.6 is 11.6 Å². The Balaban J connectivity index is 2.21. The maximum atomic E-state index is 11.6. The van der Waals surface area contributed by atoms with Gasteiger partial charge in [-0.1, -0.05) is 48.9 Å². The summed E-state index contributed by atoms with van der Waals surface area (Å²) in [6, 6.07) is 13.5. The van der Waals surface area contributed by atoms with Crippen molar-refractivity contribution in [3.05, 3.63) is 64.2 Å². The van der Waals surface area contributed by atoms with Gasteiger partial charge in [0, 0.05) is 5.56 Å². The van der Waals surface area contributed by atoms with Crippen molar-refractivity contribution in [2.24, 2.45) is 0 Å². The van der Waals surface area contributed by atoms with E-state index in [-0.39, 0.29) is 5.78 Å². The van der Waals surface area contributed by atoms with Gasteiger partial charge in [0.2, 0.25) is 0 Å². The topological polar surface area (TPSA) is 26.3 Å². The third kappa shape index (κ3) is 3.40. The first-order chi connectivity index (χ1) is 9.61. The SMILES string of the molecule is CCc1cc(OCc2ccccc2)cc(Cl)c1C(C)=O. The number of hydrogen-bond acceptors (Lipinski definition) is 2. The van der Waals surface area contributed by atoms with E-state index in [9.17, 15) is 4.79 Å². The van der Waals surface area contributed by atoms with Crippen molar-refractivity contribution in [1.29, 1.82) is 0 Å². The van der Waals surface area contributed by atoms with E-state index in [2.05, 4.69) is 0 Å². The average Bonchev–Trinajstić information content (AvgIpc) is 2.45. The van der Waals surface area contributed by atoms with Crippen LogP contribution in [-0.4, -0.2) is 5.78 Å². The summed E-state index contributed by atoms with van der Waals surface area (Å²) in [6.45, 7) is 4.02. The second-order valence-corrected chi connectivity index (χ2v) is 5.03. The quantitative estimate of drug-likeness (QED) is 0.747. The molecule has 0 aliphatic rings. The Labute approximate surface area is 124 Å². The van der Waals surface area contributed by atoms with E-state index in [4.69, 9.17) is 16.3 Å². The molecule has 2 aromatic rings. The Morgan fingerprint density at radius 3 is 2.50 bits per heavy atom. The van der Waals surface area contributed by atoms with Gasteiger partial charge in [-0.3, -0.25) is 4.79 Å². The number of Topliss-reactive ketones (excluding diaryl/α,β-unsaturated/α-hetero) is 1. The summed E-state index contributed by atoms with van der Waals surface area (Å²) < 4.78 is 5.75. The average molecular weight is 289 g/mol. The summed E-state index contributed by atoms with van der Waals surface area (Å²) >= 11 is 6.19. The summed E-state index contributed by atoms with van der Waals surface area (Å²) in [5, 5.41) is 0.458. The van der Waals surface area contributed by atoms with E-state index >= 15 is 0 Å². The van der Waals surface area contributed by atoms with E-state index in [0.29, 0.717) is 22.9 Å². The molecule has 20 heavy (non-hydrogen) atoms. The first-order valence-electron chi connectivity index (χ1n) is 6.62. The Kier molecular flexibility index (Phi) is 4.80. The molecule has 0 aromatic heterocycles. The highest BCUT2D eigenvalue weighted by Crippen LogP contribution is 2.28. The number of carbonyl (C=O) groups is 1. The Bertz CT molecular complexity index is 606. The van der Waals surface area contributed by atoms with Gasteiger partial charge in [-0.2, -0.15) is 0 Å². The van der Waals surface area contributed by atoms with Crippen molar-refractivity contribution in [1.82, 2.24) is 0 Å². The predicted octanol–water partition coefficient (Wildman–Crippen LogP) is 4.68. The predicted molar refractivity (Wildman–Crippen MR) is 81.6 cm³/mol. The van der Waals surface area contributed by atoms with Crippen LogP contribution in [0.1, 0.15) is 35.3 Å². The molecule has 0 unspecified atom stereocenters. The van der Waals surface area contributed by atoms with Gasteiger partial charge in [-0.15, -0.1) is 0 Å². The summed E-state index contributed by atoms with van der Waals surface area (Å²) in [5.41, 5.74) is 2.62. The first kappa shape index (κ1) is 14.6. The maximum Gasteiger partial charge on any atom is 0.161 e. The van der Waals surface area contributed by atoms with E-state index < -0.39 is 0 Å². The lowest BCUT2D eigenvalue weighted by Crippen LogP contribution is -2.02. The third-order valence-corrected chi connectivity index (χ3v) is 3.42. The van der Waals surface area contributed by atoms with Crippen LogP contribution in [0.15, 0.2) is 42.5 Å². The largest absolute Gasteiger partial charge is 0.489 e. The molecule has 0 amide bonds. The second-order valence-electron chi connectivity index (χ2n) is 4.62. The normalized spacial score (nSPS) is 10.3. The molecule has 0 atom stereocenters. The molecule has 104 valence electrons. The molecule has 0 spiro atoms. The number of halogens is 1. The van der Waals surface area contributed by atoms with Crippen molar-refractivity contribution in [3.63, 3.8) is 0 Å². The van der Waals surface area contributed by atoms with Crippen molar-refractivity contribution in [3.8, 4) is 5.75 Å². The molecule has 0 radical (unpaired) electrons. The van der Waals surface area contributed by atoms with Gasteiger partial charge in [0.15, 0.2) is 5.78 Å². The fraction of sp³-hybridized carbons (Fsp3) is 0.235. The second kappa shape index (κ2) is 6.58. The summed E-state index contributed by atoms with van der Waals surface area (Å²) in [6.07, 6.45) is 0.747. The van der Waals surface area contributed by atoms with Gasteiger partial charge >= 0.3 is 0 Å². The highest BCUT2D eigenvalue weighted by atomic mass is 35.5. The highest BCUT2D eigenvalue weighted by molar-refractivity contribution is 6.34. The standard InChI is InChI=1S/C17H17ClO2/c1-3-14-9-15(10-16(18)17(14)12(2)19)20-11-13-7-5-4-6-8-13/h4-10H,3,11H2,1-2H3. The minimum Gasteiger partial charge on any atom is -0.489 e. The van der Waals surface area contributed by atoms with E-state index in [1.165, 1.54) is 6.92 Å². The number of hydrogen-bond donors (Lipinski definition) is 0. The zero-order chi connectivity index (χ0) is 14.5. The number of ether oxygens (including phenoxy) is 1. The first-order valence-corrected chi connectivity index (χ1v) is 6.99. The highest BCUT2D eigenvalue weighted by Gasteiger charge is 2.13. The molecule has 0 N–H and O–H groups in total. The van der Waals surface area contributed by atoms with Crippen LogP contribution in [0.5, 0.6) is 5.75 Å². The number of rotatable bonds is 5. The van der Waals surface area contributed by atoms with E-state index in [1.54, 1.807) is 6.07 Å². The Morgan fingerprint density at radius 1 is 1.20 bits per heavy atom. The van der Waals surface area contributed by atoms with Crippen LogP contribution in [-0.2, 0) is 13.0 Å². The van der Waals surface area contributed by atoms with Crippen LogP contribution in [0.2, 0.25) is 5.02 Å². The van der Waals surface area contributed by atoms with Crippen molar-refractivity contribution in [2.75, 3.05) is 0 Å². The van der Waals surface area contributed by atoms with E-state index in [0.717, 1.165) is 17.5 Å². The molecular formula is C17H17ClO2. The van der Waals surface area contributed by atoms with Crippen LogP contribution in [0.3, 0.4) is 0 Å². The molecule has 0 saturated heterocycles. The number of ketones is 1. The zero-order valence-corrected chi connectivity index (χ0v) is 12.4. The molecule has 2 aromatic carbocycles. The Hall–Kier alpha value is -1.80. The van der Waals surface area contributed by atoms with Gasteiger partial charge in [-0.05, 0) is 36.6 Å². The van der Waals surface area contributed by atoms with Crippen LogP contribution in [0, 0.1) is 0 Å². The molecule has 0 aliphatic carbocycles. The third-order valence-electron chi connectivity index (χ3n) is 3.13. The number of aryl methyl sites for hydroxylation is 1. The fourth-order valence-electron chi connectivity index (χ4n) is 2.13. The molecule has 0 bridgehead atoms. The molecule has 0 fully saturated rings. The van der Waals surface area contributed by atoms with Crippen molar-refractivity contribution >= 4 is 17.4 Å². The minimum absolute atomic E-state index is 0.0125. The molecule has 0 aliphatic heterocycles. The molecular weight excluding hydrogens is 272 g/mol. The van der Waals surface area contributed by atoms with Crippen LogP contribution in [0.25, 0.3) is 0 Å². The molecule has 0 heterocycles. The number of benzene rings is 2. The summed E-state index contributed by atoms with van der Waals surface area (Å²) in [4.78, 5) is 11.6. The fourth-order valence-corrected chi connectivity index (χ4v) is 2.50. The van der Waals surface area contributed by atoms with Crippen LogP contribution < -0.4 is 4.74 Å². The summed E-state index contributed by atoms with van der Waals surface area (Å²) in [7, 11) is 0. The van der Waals surface area contributed by atoms with E-state index in [1.807, 2.05) is 43.3 Å². The van der Waals surface area contributed by atoms with Gasteiger partial charge in [-0.25, -0.2) is 0 Å². The smallest absolute Gasteiger partial charge is 0.161 e. The minimum atomic E-state index is -0.0125. The van der Waals surface area contributed by atoms with Gasteiger partial charge in [0.05, 0.1) is 5.02 Å². The zero-order valence-electron chi connectivity index (χ0n) is 11.7. The van der Waals surface area contributed by atoms with Crippen LogP contribution in [0.4, 0.5) is 0 Å². The number of carbonyl (C=O) groups excluding carboxylic acids is 1. The van der Waals surface area contributed by atoms with Crippen molar-refractivity contribution < 1.29 is 9.53 Å².